The maximum Gasteiger partial charge on any atom is 0.116 e. The molecular formula is C17H16N2O2. The van der Waals surface area contributed by atoms with Crippen molar-refractivity contribution in [3.63, 3.8) is 0 Å². The van der Waals surface area contributed by atoms with Crippen molar-refractivity contribution in [3.8, 4) is 22.5 Å². The smallest absolute Gasteiger partial charge is 0.116 e. The fourth-order valence-electron chi connectivity index (χ4n) is 2.43. The van der Waals surface area contributed by atoms with Crippen LogP contribution >= 0.6 is 0 Å². The molecule has 21 heavy (non-hydrogen) atoms. The Morgan fingerprint density at radius 3 is 2.10 bits per heavy atom. The fourth-order valence-corrected chi connectivity index (χ4v) is 2.43. The monoisotopic (exact) mass is 280 g/mol. The predicted molar refractivity (Wildman–Crippen MR) is 81.0 cm³/mol. The molecule has 3 aromatic rings. The minimum atomic E-state index is 0.384. The number of nitrogens with zero attached hydrogens (tertiary/aromatic N) is 2. The maximum atomic E-state index is 10.2. The summed E-state index contributed by atoms with van der Waals surface area (Å²) in [6.07, 6.45) is 0. The summed E-state index contributed by atoms with van der Waals surface area (Å²) in [6, 6.07) is 19.5. The Hall–Kier alpha value is -2.59. The first-order chi connectivity index (χ1) is 10.3. The fraction of sp³-hybridized carbons (Fsp3) is 0.118. The van der Waals surface area contributed by atoms with Gasteiger partial charge < -0.3 is 9.94 Å². The second-order valence-electron chi connectivity index (χ2n) is 4.73. The molecule has 0 bridgehead atoms. The first-order valence-electron chi connectivity index (χ1n) is 6.72. The molecule has 1 aromatic heterocycles. The Labute approximate surface area is 123 Å². The average Bonchev–Trinajstić information content (AvgIpc) is 2.86. The third-order valence-corrected chi connectivity index (χ3v) is 3.35. The zero-order valence-corrected chi connectivity index (χ0v) is 11.7. The van der Waals surface area contributed by atoms with Gasteiger partial charge >= 0.3 is 0 Å². The quantitative estimate of drug-likeness (QED) is 0.743. The van der Waals surface area contributed by atoms with Crippen LogP contribution in [0.2, 0.25) is 0 Å². The summed E-state index contributed by atoms with van der Waals surface area (Å²) in [7, 11) is 1.64. The van der Waals surface area contributed by atoms with E-state index in [4.69, 9.17) is 4.74 Å². The van der Waals surface area contributed by atoms with Crippen LogP contribution in [0.25, 0.3) is 22.5 Å². The molecular weight excluding hydrogens is 264 g/mol. The van der Waals surface area contributed by atoms with Crippen LogP contribution in [0.5, 0.6) is 0 Å². The number of methoxy groups -OCH3 is 1. The predicted octanol–water partition coefficient (Wildman–Crippen LogP) is 3.60. The Kier molecular flexibility index (Phi) is 3.71. The maximum absolute atomic E-state index is 10.2. The van der Waals surface area contributed by atoms with Gasteiger partial charge in [-0.15, -0.1) is 9.94 Å². The summed E-state index contributed by atoms with van der Waals surface area (Å²) in [5.74, 6) is 0. The van der Waals surface area contributed by atoms with Crippen molar-refractivity contribution >= 4 is 0 Å². The molecule has 2 aromatic carbocycles. The molecule has 0 fully saturated rings. The van der Waals surface area contributed by atoms with Gasteiger partial charge in [-0.1, -0.05) is 60.7 Å². The van der Waals surface area contributed by atoms with E-state index < -0.39 is 0 Å². The van der Waals surface area contributed by atoms with Crippen LogP contribution < -0.4 is 0 Å². The van der Waals surface area contributed by atoms with Gasteiger partial charge in [-0.05, 0) is 0 Å². The van der Waals surface area contributed by atoms with E-state index in [1.54, 1.807) is 7.11 Å². The summed E-state index contributed by atoms with van der Waals surface area (Å²) in [5, 5.41) is 14.5. The minimum Gasteiger partial charge on any atom is -0.411 e. The summed E-state index contributed by atoms with van der Waals surface area (Å²) in [5.41, 5.74) is 4.13. The average molecular weight is 280 g/mol. The lowest BCUT2D eigenvalue weighted by Crippen LogP contribution is -1.97. The Bertz CT molecular complexity index is 721. The molecule has 0 saturated carbocycles. The van der Waals surface area contributed by atoms with Crippen LogP contribution in [0.15, 0.2) is 60.7 Å². The van der Waals surface area contributed by atoms with Gasteiger partial charge in [-0.25, -0.2) is 0 Å². The Morgan fingerprint density at radius 2 is 1.52 bits per heavy atom. The molecule has 1 heterocycles. The van der Waals surface area contributed by atoms with Gasteiger partial charge in [0.2, 0.25) is 0 Å². The highest BCUT2D eigenvalue weighted by Gasteiger charge is 2.20. The summed E-state index contributed by atoms with van der Waals surface area (Å²) >= 11 is 0. The first-order valence-corrected chi connectivity index (χ1v) is 6.72. The number of rotatable bonds is 4. The van der Waals surface area contributed by atoms with Crippen molar-refractivity contribution in [1.82, 2.24) is 9.94 Å². The van der Waals surface area contributed by atoms with E-state index in [2.05, 4.69) is 5.10 Å². The molecule has 106 valence electrons. The SMILES string of the molecule is COCc1c(-c2ccccc2)nn(O)c1-c1ccccc1. The molecule has 0 saturated heterocycles. The highest BCUT2D eigenvalue weighted by atomic mass is 16.5. The van der Waals surface area contributed by atoms with E-state index in [0.717, 1.165) is 27.2 Å². The van der Waals surface area contributed by atoms with Gasteiger partial charge in [0.25, 0.3) is 0 Å². The van der Waals surface area contributed by atoms with Gasteiger partial charge in [-0.3, -0.25) is 0 Å². The third kappa shape index (κ3) is 2.53. The Morgan fingerprint density at radius 1 is 0.952 bits per heavy atom. The molecule has 0 atom stereocenters. The minimum absolute atomic E-state index is 0.384. The number of hydrogen-bond acceptors (Lipinski definition) is 3. The zero-order valence-electron chi connectivity index (χ0n) is 11.7. The number of aromatic nitrogens is 2. The molecule has 0 amide bonds. The van der Waals surface area contributed by atoms with Crippen LogP contribution in [0.1, 0.15) is 5.56 Å². The number of ether oxygens (including phenoxy) is 1. The largest absolute Gasteiger partial charge is 0.411 e. The summed E-state index contributed by atoms with van der Waals surface area (Å²) in [6.45, 7) is 0.384. The summed E-state index contributed by atoms with van der Waals surface area (Å²) < 4.78 is 5.30. The molecule has 3 rings (SSSR count). The van der Waals surface area contributed by atoms with Crippen molar-refractivity contribution in [2.75, 3.05) is 7.11 Å². The first kappa shape index (κ1) is 13.4. The molecule has 1 N–H and O–H groups in total. The van der Waals surface area contributed by atoms with Crippen LogP contribution in [-0.2, 0) is 11.3 Å². The van der Waals surface area contributed by atoms with Gasteiger partial charge in [0.15, 0.2) is 0 Å². The van der Waals surface area contributed by atoms with Gasteiger partial charge in [-0.2, -0.15) is 0 Å². The van der Waals surface area contributed by atoms with Crippen molar-refractivity contribution in [1.29, 1.82) is 0 Å². The molecule has 0 aliphatic carbocycles. The van der Waals surface area contributed by atoms with E-state index >= 15 is 0 Å². The lowest BCUT2D eigenvalue weighted by atomic mass is 10.0. The van der Waals surface area contributed by atoms with E-state index in [1.165, 1.54) is 0 Å². The molecule has 0 aliphatic rings. The molecule has 0 spiro atoms. The second kappa shape index (κ2) is 5.81. The molecule has 0 radical (unpaired) electrons. The normalized spacial score (nSPS) is 10.7. The summed E-state index contributed by atoms with van der Waals surface area (Å²) in [4.78, 5) is 0.937. The standard InChI is InChI=1S/C17H16N2O2/c1-21-12-15-16(13-8-4-2-5-9-13)18-19(20)17(15)14-10-6-3-7-11-14/h2-11,20H,12H2,1H3. The second-order valence-corrected chi connectivity index (χ2v) is 4.73. The van der Waals surface area contributed by atoms with Gasteiger partial charge in [0, 0.05) is 23.8 Å². The van der Waals surface area contributed by atoms with E-state index in [0.29, 0.717) is 12.3 Å². The number of hydrogen-bond donors (Lipinski definition) is 1. The van der Waals surface area contributed by atoms with Crippen molar-refractivity contribution in [2.45, 2.75) is 6.61 Å². The zero-order chi connectivity index (χ0) is 14.7. The van der Waals surface area contributed by atoms with Crippen LogP contribution in [0, 0.1) is 0 Å². The van der Waals surface area contributed by atoms with Crippen molar-refractivity contribution < 1.29 is 9.94 Å². The van der Waals surface area contributed by atoms with Crippen molar-refractivity contribution in [2.24, 2.45) is 0 Å². The van der Waals surface area contributed by atoms with Crippen molar-refractivity contribution in [3.05, 3.63) is 66.2 Å². The highest BCUT2D eigenvalue weighted by molar-refractivity contribution is 5.74. The van der Waals surface area contributed by atoms with Crippen LogP contribution in [-0.4, -0.2) is 22.3 Å². The lowest BCUT2D eigenvalue weighted by Gasteiger charge is -2.05. The third-order valence-electron chi connectivity index (χ3n) is 3.35. The molecule has 0 unspecified atom stereocenters. The highest BCUT2D eigenvalue weighted by Crippen LogP contribution is 2.32. The van der Waals surface area contributed by atoms with Crippen LogP contribution in [0.3, 0.4) is 0 Å². The topological polar surface area (TPSA) is 47.3 Å². The van der Waals surface area contributed by atoms with E-state index in [9.17, 15) is 5.21 Å². The number of benzene rings is 2. The Balaban J connectivity index is 2.20. The molecule has 4 heteroatoms. The van der Waals surface area contributed by atoms with E-state index in [1.807, 2.05) is 60.7 Å². The molecule has 4 nitrogen and oxygen atoms in total. The van der Waals surface area contributed by atoms with Gasteiger partial charge in [0.1, 0.15) is 11.4 Å². The van der Waals surface area contributed by atoms with Crippen LogP contribution in [0.4, 0.5) is 0 Å². The lowest BCUT2D eigenvalue weighted by molar-refractivity contribution is 0.152. The molecule has 0 aliphatic heterocycles. The van der Waals surface area contributed by atoms with Gasteiger partial charge in [0.05, 0.1) is 6.61 Å². The van der Waals surface area contributed by atoms with E-state index in [-0.39, 0.29) is 0 Å².